The van der Waals surface area contributed by atoms with Crippen molar-refractivity contribution in [2.24, 2.45) is 5.92 Å². The smallest absolute Gasteiger partial charge is 0.219 e. The minimum atomic E-state index is 0.267. The molecular weight excluding hydrogens is 188 g/mol. The maximum Gasteiger partial charge on any atom is 0.219 e. The number of carbonyl (C=O) groups is 1. The number of piperidine rings is 1. The van der Waals surface area contributed by atoms with Crippen LogP contribution in [0.25, 0.3) is 0 Å². The van der Waals surface area contributed by atoms with Crippen molar-refractivity contribution in [1.29, 1.82) is 0 Å². The van der Waals surface area contributed by atoms with Gasteiger partial charge in [-0.2, -0.15) is 0 Å². The summed E-state index contributed by atoms with van der Waals surface area (Å²) in [6.45, 7) is 6.18. The quantitative estimate of drug-likeness (QED) is 0.763. The van der Waals surface area contributed by atoms with Crippen molar-refractivity contribution in [3.63, 3.8) is 0 Å². The van der Waals surface area contributed by atoms with Crippen LogP contribution < -0.4 is 5.32 Å². The minimum absolute atomic E-state index is 0.267. The lowest BCUT2D eigenvalue weighted by Crippen LogP contribution is -2.46. The third kappa shape index (κ3) is 2.51. The molecule has 1 N–H and O–H groups in total. The van der Waals surface area contributed by atoms with Crippen LogP contribution in [0.5, 0.6) is 0 Å². The summed E-state index contributed by atoms with van der Waals surface area (Å²) in [7, 11) is 0. The molecule has 0 spiro atoms. The molecule has 2 rings (SSSR count). The van der Waals surface area contributed by atoms with Crippen LogP contribution in [-0.4, -0.2) is 36.0 Å². The fourth-order valence-electron chi connectivity index (χ4n) is 2.78. The molecule has 3 nitrogen and oxygen atoms in total. The number of carbonyl (C=O) groups excluding carboxylic acids is 1. The molecule has 1 aliphatic carbocycles. The first-order valence-electron chi connectivity index (χ1n) is 6.19. The summed E-state index contributed by atoms with van der Waals surface area (Å²) in [6.07, 6.45) is 4.87. The Morgan fingerprint density at radius 2 is 1.87 bits per heavy atom. The van der Waals surface area contributed by atoms with Gasteiger partial charge in [0.25, 0.3) is 0 Å². The Kier molecular flexibility index (Phi) is 3.29. The lowest BCUT2D eigenvalue weighted by molar-refractivity contribution is -0.132. The van der Waals surface area contributed by atoms with E-state index in [-0.39, 0.29) is 5.91 Å². The number of nitrogens with zero attached hydrogens (tertiary/aromatic N) is 1. The molecule has 3 heteroatoms. The normalized spacial score (nSPS) is 24.9. The summed E-state index contributed by atoms with van der Waals surface area (Å²) in [4.78, 5) is 13.8. The number of hydrogen-bond acceptors (Lipinski definition) is 2. The fraction of sp³-hybridized carbons (Fsp3) is 0.917. The average molecular weight is 210 g/mol. The summed E-state index contributed by atoms with van der Waals surface area (Å²) in [5.74, 6) is 0.972. The van der Waals surface area contributed by atoms with Crippen LogP contribution in [0, 0.1) is 5.92 Å². The summed E-state index contributed by atoms with van der Waals surface area (Å²) >= 11 is 0. The molecular formula is C12H22N2O. The number of rotatable bonds is 3. The van der Waals surface area contributed by atoms with Gasteiger partial charge in [-0.15, -0.1) is 0 Å². The van der Waals surface area contributed by atoms with E-state index in [1.165, 1.54) is 25.7 Å². The first-order valence-corrected chi connectivity index (χ1v) is 6.19. The summed E-state index contributed by atoms with van der Waals surface area (Å²) in [5.41, 5.74) is 0. The molecule has 0 bridgehead atoms. The van der Waals surface area contributed by atoms with Gasteiger partial charge in [-0.3, -0.25) is 4.79 Å². The number of hydrogen-bond donors (Lipinski definition) is 1. The largest absolute Gasteiger partial charge is 0.337 e. The van der Waals surface area contributed by atoms with E-state index in [1.54, 1.807) is 6.92 Å². The molecule has 2 aliphatic rings. The third-order valence-electron chi connectivity index (χ3n) is 3.81. The van der Waals surface area contributed by atoms with Crippen LogP contribution in [-0.2, 0) is 4.79 Å². The Balaban J connectivity index is 1.96. The molecule has 0 aromatic carbocycles. The highest BCUT2D eigenvalue weighted by Gasteiger charge is 2.36. The highest BCUT2D eigenvalue weighted by atomic mass is 16.2. The lowest BCUT2D eigenvalue weighted by atomic mass is 9.90. The fourth-order valence-corrected chi connectivity index (χ4v) is 2.78. The zero-order valence-electron chi connectivity index (χ0n) is 9.83. The topological polar surface area (TPSA) is 32.3 Å². The van der Waals surface area contributed by atoms with E-state index in [2.05, 4.69) is 17.1 Å². The van der Waals surface area contributed by atoms with Crippen LogP contribution in [0.1, 0.15) is 39.5 Å². The Bertz CT molecular complexity index is 232. The molecule has 1 saturated heterocycles. The van der Waals surface area contributed by atoms with E-state index in [0.717, 1.165) is 13.1 Å². The Morgan fingerprint density at radius 1 is 1.27 bits per heavy atom. The highest BCUT2D eigenvalue weighted by Crippen LogP contribution is 2.32. The molecule has 1 atom stereocenters. The molecule has 86 valence electrons. The van der Waals surface area contributed by atoms with E-state index >= 15 is 0 Å². The van der Waals surface area contributed by atoms with Gasteiger partial charge in [-0.05, 0) is 51.6 Å². The second kappa shape index (κ2) is 4.52. The molecule has 15 heavy (non-hydrogen) atoms. The van der Waals surface area contributed by atoms with Gasteiger partial charge in [0.1, 0.15) is 0 Å². The van der Waals surface area contributed by atoms with Gasteiger partial charge in [-0.1, -0.05) is 0 Å². The van der Waals surface area contributed by atoms with Gasteiger partial charge in [0.2, 0.25) is 5.91 Å². The van der Waals surface area contributed by atoms with Gasteiger partial charge in [0.15, 0.2) is 0 Å². The van der Waals surface area contributed by atoms with Gasteiger partial charge in [-0.25, -0.2) is 0 Å². The molecule has 1 saturated carbocycles. The first kappa shape index (κ1) is 10.9. The molecule has 1 aliphatic heterocycles. The number of nitrogens with one attached hydrogen (secondary N) is 1. The maximum atomic E-state index is 11.6. The summed E-state index contributed by atoms with van der Waals surface area (Å²) in [5, 5.41) is 3.38. The van der Waals surface area contributed by atoms with Crippen LogP contribution in [0.15, 0.2) is 0 Å². The van der Waals surface area contributed by atoms with E-state index < -0.39 is 0 Å². The summed E-state index contributed by atoms with van der Waals surface area (Å²) < 4.78 is 0. The van der Waals surface area contributed by atoms with Crippen molar-refractivity contribution >= 4 is 5.91 Å². The van der Waals surface area contributed by atoms with E-state index in [1.807, 2.05) is 0 Å². The Labute approximate surface area is 92.2 Å². The molecule has 0 radical (unpaired) electrons. The Morgan fingerprint density at radius 3 is 2.33 bits per heavy atom. The van der Waals surface area contributed by atoms with E-state index in [0.29, 0.717) is 18.0 Å². The van der Waals surface area contributed by atoms with Crippen molar-refractivity contribution in [2.45, 2.75) is 51.6 Å². The van der Waals surface area contributed by atoms with Crippen LogP contribution in [0.3, 0.4) is 0 Å². The van der Waals surface area contributed by atoms with Gasteiger partial charge in [0.05, 0.1) is 0 Å². The van der Waals surface area contributed by atoms with Gasteiger partial charge in [0, 0.05) is 19.0 Å². The molecule has 2 fully saturated rings. The van der Waals surface area contributed by atoms with Crippen molar-refractivity contribution < 1.29 is 4.79 Å². The monoisotopic (exact) mass is 210 g/mol. The van der Waals surface area contributed by atoms with Crippen molar-refractivity contribution in [3.05, 3.63) is 0 Å². The van der Waals surface area contributed by atoms with Crippen LogP contribution >= 0.6 is 0 Å². The van der Waals surface area contributed by atoms with Crippen molar-refractivity contribution in [2.75, 3.05) is 13.1 Å². The number of amides is 1. The van der Waals surface area contributed by atoms with Crippen LogP contribution in [0.4, 0.5) is 0 Å². The molecule has 1 heterocycles. The standard InChI is InChI=1S/C12H22N2O/c1-9(11-5-7-13-8-6-11)14(10(2)15)12-3-4-12/h9,11-13H,3-8H2,1-2H3. The zero-order chi connectivity index (χ0) is 10.8. The minimum Gasteiger partial charge on any atom is -0.337 e. The molecule has 1 unspecified atom stereocenters. The average Bonchev–Trinajstić information content (AvgIpc) is 3.03. The predicted molar refractivity (Wildman–Crippen MR) is 60.6 cm³/mol. The predicted octanol–water partition coefficient (Wildman–Crippen LogP) is 1.39. The van der Waals surface area contributed by atoms with Crippen molar-refractivity contribution in [3.8, 4) is 0 Å². The zero-order valence-corrected chi connectivity index (χ0v) is 9.83. The van der Waals surface area contributed by atoms with E-state index in [9.17, 15) is 4.79 Å². The Hall–Kier alpha value is -0.570. The lowest BCUT2D eigenvalue weighted by Gasteiger charge is -2.36. The molecule has 0 aromatic rings. The second-order valence-corrected chi connectivity index (χ2v) is 4.99. The van der Waals surface area contributed by atoms with Gasteiger partial charge < -0.3 is 10.2 Å². The molecule has 0 aromatic heterocycles. The van der Waals surface area contributed by atoms with E-state index in [4.69, 9.17) is 0 Å². The molecule has 1 amide bonds. The SMILES string of the molecule is CC(=O)N(C1CC1)C(C)C1CCNCC1. The van der Waals surface area contributed by atoms with Crippen molar-refractivity contribution in [1.82, 2.24) is 10.2 Å². The van der Waals surface area contributed by atoms with Gasteiger partial charge >= 0.3 is 0 Å². The third-order valence-corrected chi connectivity index (χ3v) is 3.81. The maximum absolute atomic E-state index is 11.6. The first-order chi connectivity index (χ1) is 7.20. The highest BCUT2D eigenvalue weighted by molar-refractivity contribution is 5.74. The second-order valence-electron chi connectivity index (χ2n) is 4.99. The van der Waals surface area contributed by atoms with Crippen LogP contribution in [0.2, 0.25) is 0 Å². The summed E-state index contributed by atoms with van der Waals surface area (Å²) in [6, 6.07) is 1.00.